The van der Waals surface area contributed by atoms with Crippen LogP contribution in [-0.4, -0.2) is 9.11 Å². The van der Waals surface area contributed by atoms with Crippen molar-refractivity contribution in [2.75, 3.05) is 0 Å². The van der Waals surface area contributed by atoms with Gasteiger partial charge in [-0.1, -0.05) is 74.5 Å². The topological polar surface area (TPSA) is 49.7 Å². The number of benzene rings is 2. The maximum absolute atomic E-state index is 9.78. The van der Waals surface area contributed by atoms with Gasteiger partial charge in [0.1, 0.15) is 11.5 Å². The van der Waals surface area contributed by atoms with Crippen LogP contribution < -0.4 is 0 Å². The quantitative estimate of drug-likeness (QED) is 0.264. The summed E-state index contributed by atoms with van der Waals surface area (Å²) in [5.41, 5.74) is 2.46. The molecule has 0 heterocycles. The predicted molar refractivity (Wildman–Crippen MR) is 126 cm³/mol. The van der Waals surface area contributed by atoms with Crippen LogP contribution in [0.25, 0.3) is 0 Å². The lowest BCUT2D eigenvalue weighted by molar-refractivity contribution is 0.271. The van der Waals surface area contributed by atoms with Gasteiger partial charge in [-0.15, -0.1) is 0 Å². The molecule has 0 amide bonds. The molecule has 2 aromatic carbocycles. The highest BCUT2D eigenvalue weighted by atomic mass is 32.2. The van der Waals surface area contributed by atoms with E-state index in [-0.39, 0.29) is 0 Å². The molecule has 0 aromatic heterocycles. The molecule has 0 aliphatic rings. The Hall–Kier alpha value is -1.66. The Labute approximate surface area is 183 Å². The van der Waals surface area contributed by atoms with E-state index in [1.165, 1.54) is 11.1 Å². The van der Waals surface area contributed by atoms with Gasteiger partial charge in [0.25, 0.3) is 0 Å². The predicted octanol–water partition coefficient (Wildman–Crippen LogP) is 7.92. The first-order valence-electron chi connectivity index (χ1n) is 10.0. The molecule has 2 N–H and O–H groups in total. The summed E-state index contributed by atoms with van der Waals surface area (Å²) in [4.78, 5) is 1.66. The molecule has 29 heavy (non-hydrogen) atoms. The molecule has 0 saturated carbocycles. The fourth-order valence-electron chi connectivity index (χ4n) is 3.07. The minimum absolute atomic E-state index is 0.697. The summed E-state index contributed by atoms with van der Waals surface area (Å²) in [6, 6.07) is 20.5. The molecular weight excluding hydrogens is 400 g/mol. The number of aryl methyl sites for hydroxylation is 2. The van der Waals surface area contributed by atoms with E-state index in [4.69, 9.17) is 4.74 Å². The van der Waals surface area contributed by atoms with Crippen LogP contribution in [0.1, 0.15) is 50.7 Å². The van der Waals surface area contributed by atoms with Gasteiger partial charge < -0.3 is 13.8 Å². The van der Waals surface area contributed by atoms with Crippen molar-refractivity contribution >= 4 is 24.1 Å². The molecule has 2 aromatic rings. The summed E-state index contributed by atoms with van der Waals surface area (Å²) in [5, 5.41) is 0. The molecule has 0 atom stereocenters. The Balaban J connectivity index is 2.21. The molecule has 0 spiro atoms. The van der Waals surface area contributed by atoms with Gasteiger partial charge in [-0.05, 0) is 36.8 Å². The summed E-state index contributed by atoms with van der Waals surface area (Å²) in [6.45, 7) is 4.03. The monoisotopic (exact) mass is 430 g/mol. The van der Waals surface area contributed by atoms with Crippen LogP contribution >= 0.6 is 24.1 Å². The van der Waals surface area contributed by atoms with Gasteiger partial charge in [0.05, 0.1) is 9.81 Å². The normalized spacial score (nSPS) is 13.0. The number of ether oxygens (including phenoxy) is 1. The second-order valence-corrected chi connectivity index (χ2v) is 8.01. The van der Waals surface area contributed by atoms with E-state index < -0.39 is 0 Å². The number of allylic oxidation sites excluding steroid dienone is 4. The molecule has 0 aliphatic carbocycles. The van der Waals surface area contributed by atoms with E-state index in [9.17, 15) is 9.11 Å². The first-order valence-corrected chi connectivity index (χ1v) is 11.6. The van der Waals surface area contributed by atoms with Gasteiger partial charge in [0.2, 0.25) is 0 Å². The number of hydrogen-bond acceptors (Lipinski definition) is 5. The van der Waals surface area contributed by atoms with Crippen molar-refractivity contribution in [2.24, 2.45) is 0 Å². The first-order chi connectivity index (χ1) is 14.2. The Morgan fingerprint density at radius 2 is 1.07 bits per heavy atom. The van der Waals surface area contributed by atoms with Gasteiger partial charge in [0.15, 0.2) is 0 Å². The second-order valence-electron chi connectivity index (χ2n) is 6.66. The maximum Gasteiger partial charge on any atom is 0.116 e. The zero-order valence-electron chi connectivity index (χ0n) is 17.1. The minimum Gasteiger partial charge on any atom is -0.464 e. The zero-order valence-corrected chi connectivity index (χ0v) is 18.8. The van der Waals surface area contributed by atoms with Crippen molar-refractivity contribution in [1.82, 2.24) is 0 Å². The zero-order chi connectivity index (χ0) is 20.9. The van der Waals surface area contributed by atoms with E-state index in [1.807, 2.05) is 50.2 Å². The molecule has 5 heteroatoms. The van der Waals surface area contributed by atoms with Crippen LogP contribution in [-0.2, 0) is 17.6 Å². The van der Waals surface area contributed by atoms with Crippen molar-refractivity contribution in [3.63, 3.8) is 0 Å². The third kappa shape index (κ3) is 7.94. The largest absolute Gasteiger partial charge is 0.464 e. The average molecular weight is 431 g/mol. The van der Waals surface area contributed by atoms with Crippen LogP contribution in [0.15, 0.2) is 82.0 Å². The first kappa shape index (κ1) is 23.6. The van der Waals surface area contributed by atoms with E-state index in [2.05, 4.69) is 24.3 Å². The fourth-order valence-corrected chi connectivity index (χ4v) is 3.82. The maximum atomic E-state index is 9.78. The third-order valence-corrected chi connectivity index (χ3v) is 6.17. The minimum atomic E-state index is 0.697. The second kappa shape index (κ2) is 13.5. The summed E-state index contributed by atoms with van der Waals surface area (Å²) in [5.74, 6) is 1.57. The summed E-state index contributed by atoms with van der Waals surface area (Å²) in [7, 11) is 0. The van der Waals surface area contributed by atoms with Crippen molar-refractivity contribution in [1.29, 1.82) is 0 Å². The molecule has 2 rings (SSSR count). The van der Waals surface area contributed by atoms with Crippen LogP contribution in [0.4, 0.5) is 0 Å². The highest BCUT2D eigenvalue weighted by molar-refractivity contribution is 7.97. The van der Waals surface area contributed by atoms with Gasteiger partial charge >= 0.3 is 0 Å². The van der Waals surface area contributed by atoms with E-state index >= 15 is 0 Å². The van der Waals surface area contributed by atoms with Crippen LogP contribution in [0, 0.1) is 0 Å². The lowest BCUT2D eigenvalue weighted by atomic mass is 10.1. The SMILES string of the molecule is CCC(SO)=C(CCc1ccccc1)OC(CCc1ccccc1)=C(CC)SO. The molecule has 0 fully saturated rings. The van der Waals surface area contributed by atoms with Crippen molar-refractivity contribution < 1.29 is 13.8 Å². The van der Waals surface area contributed by atoms with E-state index in [0.717, 1.165) is 58.3 Å². The standard InChI is InChI=1S/C24H30O3S2/c1-3-23(28-25)21(17-15-19-11-7-5-8-12-19)27-22(24(4-2)29-26)18-16-20-13-9-6-10-14-20/h5-14,25-26H,3-4,15-18H2,1-2H3. The van der Waals surface area contributed by atoms with Gasteiger partial charge in [0, 0.05) is 36.9 Å². The lowest BCUT2D eigenvalue weighted by Crippen LogP contribution is -2.03. The molecular formula is C24H30O3S2. The Kier molecular flexibility index (Phi) is 11.0. The molecule has 156 valence electrons. The van der Waals surface area contributed by atoms with Crippen molar-refractivity contribution in [2.45, 2.75) is 52.4 Å². The Bertz CT molecular complexity index is 707. The smallest absolute Gasteiger partial charge is 0.116 e. The van der Waals surface area contributed by atoms with Crippen molar-refractivity contribution in [3.8, 4) is 0 Å². The molecule has 0 bridgehead atoms. The van der Waals surface area contributed by atoms with Gasteiger partial charge in [-0.3, -0.25) is 0 Å². The fraction of sp³-hybridized carbons (Fsp3) is 0.333. The Morgan fingerprint density at radius 1 is 0.690 bits per heavy atom. The van der Waals surface area contributed by atoms with Gasteiger partial charge in [-0.25, -0.2) is 0 Å². The molecule has 0 radical (unpaired) electrons. The number of hydrogen-bond donors (Lipinski definition) is 2. The van der Waals surface area contributed by atoms with Crippen molar-refractivity contribution in [3.05, 3.63) is 93.1 Å². The summed E-state index contributed by atoms with van der Waals surface area (Å²) >= 11 is 1.52. The third-order valence-electron chi connectivity index (χ3n) is 4.70. The molecule has 0 aliphatic heterocycles. The summed E-state index contributed by atoms with van der Waals surface area (Å²) < 4.78 is 25.9. The Morgan fingerprint density at radius 3 is 1.38 bits per heavy atom. The highest BCUT2D eigenvalue weighted by Gasteiger charge is 2.15. The van der Waals surface area contributed by atoms with E-state index in [1.54, 1.807) is 0 Å². The molecule has 0 saturated heterocycles. The van der Waals surface area contributed by atoms with Crippen LogP contribution in [0.3, 0.4) is 0 Å². The van der Waals surface area contributed by atoms with Crippen LogP contribution in [0.2, 0.25) is 0 Å². The number of rotatable bonds is 12. The highest BCUT2D eigenvalue weighted by Crippen LogP contribution is 2.32. The van der Waals surface area contributed by atoms with E-state index in [0.29, 0.717) is 25.7 Å². The lowest BCUT2D eigenvalue weighted by Gasteiger charge is -2.19. The average Bonchev–Trinajstić information content (AvgIpc) is 2.78. The van der Waals surface area contributed by atoms with Crippen LogP contribution in [0.5, 0.6) is 0 Å². The molecule has 0 unspecified atom stereocenters. The van der Waals surface area contributed by atoms with Gasteiger partial charge in [-0.2, -0.15) is 0 Å². The summed E-state index contributed by atoms with van der Waals surface area (Å²) in [6.07, 6.45) is 4.46. The molecule has 3 nitrogen and oxygen atoms in total.